The number of Topliss-reactive ketones (excluding diaryl/α,β-unsaturated/α-hetero) is 1. The first kappa shape index (κ1) is 10.6. The predicted octanol–water partition coefficient (Wildman–Crippen LogP) is 2.61. The molecule has 0 unspecified atom stereocenters. The van der Waals surface area contributed by atoms with Crippen LogP contribution < -0.4 is 0 Å². The van der Waals surface area contributed by atoms with Gasteiger partial charge in [0.1, 0.15) is 5.75 Å². The van der Waals surface area contributed by atoms with Gasteiger partial charge in [-0.3, -0.25) is 4.79 Å². The maximum atomic E-state index is 12.2. The highest BCUT2D eigenvalue weighted by Gasteiger charge is 2.31. The molecule has 0 saturated heterocycles. The number of phenols is 1. The molecule has 0 fully saturated rings. The summed E-state index contributed by atoms with van der Waals surface area (Å²) in [6.45, 7) is 1.13. The molecule has 0 spiro atoms. The lowest BCUT2D eigenvalue weighted by Gasteiger charge is -2.08. The van der Waals surface area contributed by atoms with Crippen molar-refractivity contribution in [3.05, 3.63) is 29.3 Å². The second-order valence-electron chi connectivity index (χ2n) is 2.82. The second kappa shape index (κ2) is 3.32. The number of ketones is 1. The summed E-state index contributed by atoms with van der Waals surface area (Å²) >= 11 is 0. The minimum atomic E-state index is -4.55. The monoisotopic (exact) mass is 204 g/mol. The van der Waals surface area contributed by atoms with Gasteiger partial charge in [0.2, 0.25) is 0 Å². The van der Waals surface area contributed by atoms with Crippen molar-refractivity contribution in [2.75, 3.05) is 0 Å². The van der Waals surface area contributed by atoms with Gasteiger partial charge in [-0.15, -0.1) is 0 Å². The average molecular weight is 204 g/mol. The topological polar surface area (TPSA) is 37.3 Å². The Bertz CT molecular complexity index is 369. The van der Waals surface area contributed by atoms with E-state index in [0.717, 1.165) is 13.0 Å². The molecule has 0 saturated carbocycles. The van der Waals surface area contributed by atoms with Gasteiger partial charge >= 0.3 is 6.18 Å². The van der Waals surface area contributed by atoms with Gasteiger partial charge in [-0.05, 0) is 25.1 Å². The zero-order chi connectivity index (χ0) is 10.9. The third-order valence-corrected chi connectivity index (χ3v) is 1.65. The van der Waals surface area contributed by atoms with Crippen LogP contribution in [0, 0.1) is 0 Å². The van der Waals surface area contributed by atoms with E-state index in [2.05, 4.69) is 0 Å². The van der Waals surface area contributed by atoms with Crippen LogP contribution in [-0.2, 0) is 6.18 Å². The molecular formula is C9H7F3O2. The van der Waals surface area contributed by atoms with E-state index in [1.54, 1.807) is 0 Å². The van der Waals surface area contributed by atoms with Crippen molar-refractivity contribution in [1.82, 2.24) is 0 Å². The molecule has 0 aromatic heterocycles. The van der Waals surface area contributed by atoms with E-state index in [9.17, 15) is 18.0 Å². The molecule has 1 rings (SSSR count). The summed E-state index contributed by atoms with van der Waals surface area (Å²) in [6, 6.07) is 2.28. The summed E-state index contributed by atoms with van der Waals surface area (Å²) < 4.78 is 36.6. The molecule has 1 aromatic rings. The smallest absolute Gasteiger partial charge is 0.416 e. The first-order valence-corrected chi connectivity index (χ1v) is 3.73. The SMILES string of the molecule is CC(=O)c1cc(O)cc(C(F)(F)F)c1. The Kier molecular flexibility index (Phi) is 2.51. The largest absolute Gasteiger partial charge is 0.508 e. The average Bonchev–Trinajstić information content (AvgIpc) is 2.01. The van der Waals surface area contributed by atoms with E-state index in [-0.39, 0.29) is 5.56 Å². The van der Waals surface area contributed by atoms with Gasteiger partial charge in [0.15, 0.2) is 5.78 Å². The van der Waals surface area contributed by atoms with E-state index < -0.39 is 23.3 Å². The van der Waals surface area contributed by atoms with Crippen molar-refractivity contribution in [3.8, 4) is 5.75 Å². The molecule has 1 aromatic carbocycles. The van der Waals surface area contributed by atoms with Crippen LogP contribution in [0.25, 0.3) is 0 Å². The molecule has 0 aliphatic rings. The Morgan fingerprint density at radius 3 is 2.29 bits per heavy atom. The second-order valence-corrected chi connectivity index (χ2v) is 2.82. The summed E-state index contributed by atoms with van der Waals surface area (Å²) in [5, 5.41) is 8.95. The van der Waals surface area contributed by atoms with E-state index in [4.69, 9.17) is 5.11 Å². The standard InChI is InChI=1S/C9H7F3O2/c1-5(13)6-2-7(9(10,11)12)4-8(14)3-6/h2-4,14H,1H3. The Morgan fingerprint density at radius 2 is 1.86 bits per heavy atom. The first-order chi connectivity index (χ1) is 6.30. The molecular weight excluding hydrogens is 197 g/mol. The Morgan fingerprint density at radius 1 is 1.29 bits per heavy atom. The van der Waals surface area contributed by atoms with Crippen LogP contribution in [0.5, 0.6) is 5.75 Å². The van der Waals surface area contributed by atoms with Gasteiger partial charge < -0.3 is 5.11 Å². The van der Waals surface area contributed by atoms with Gasteiger partial charge in [-0.25, -0.2) is 0 Å². The summed E-state index contributed by atoms with van der Waals surface area (Å²) in [6.07, 6.45) is -4.55. The summed E-state index contributed by atoms with van der Waals surface area (Å²) in [5.41, 5.74) is -1.18. The van der Waals surface area contributed by atoms with E-state index in [1.165, 1.54) is 0 Å². The van der Waals surface area contributed by atoms with Crippen molar-refractivity contribution >= 4 is 5.78 Å². The molecule has 0 atom stereocenters. The normalized spacial score (nSPS) is 11.4. The fourth-order valence-electron chi connectivity index (χ4n) is 0.978. The number of carbonyl (C=O) groups excluding carboxylic acids is 1. The fourth-order valence-corrected chi connectivity index (χ4v) is 0.978. The van der Waals surface area contributed by atoms with Crippen molar-refractivity contribution in [1.29, 1.82) is 0 Å². The molecule has 0 heterocycles. The minimum Gasteiger partial charge on any atom is -0.508 e. The molecule has 0 aliphatic carbocycles. The maximum Gasteiger partial charge on any atom is 0.416 e. The van der Waals surface area contributed by atoms with Gasteiger partial charge in [0.25, 0.3) is 0 Å². The van der Waals surface area contributed by atoms with Crippen LogP contribution in [-0.4, -0.2) is 10.9 Å². The zero-order valence-corrected chi connectivity index (χ0v) is 7.22. The lowest BCUT2D eigenvalue weighted by molar-refractivity contribution is -0.137. The maximum absolute atomic E-state index is 12.2. The van der Waals surface area contributed by atoms with Crippen molar-refractivity contribution in [2.24, 2.45) is 0 Å². The third-order valence-electron chi connectivity index (χ3n) is 1.65. The van der Waals surface area contributed by atoms with Crippen LogP contribution in [0.2, 0.25) is 0 Å². The van der Waals surface area contributed by atoms with Crippen molar-refractivity contribution in [2.45, 2.75) is 13.1 Å². The lowest BCUT2D eigenvalue weighted by Crippen LogP contribution is -2.06. The highest BCUT2D eigenvalue weighted by molar-refractivity contribution is 5.94. The van der Waals surface area contributed by atoms with Crippen molar-refractivity contribution in [3.63, 3.8) is 0 Å². The van der Waals surface area contributed by atoms with E-state index in [0.29, 0.717) is 12.1 Å². The van der Waals surface area contributed by atoms with Crippen LogP contribution in [0.15, 0.2) is 18.2 Å². The number of aromatic hydroxyl groups is 1. The number of benzene rings is 1. The third kappa shape index (κ3) is 2.25. The number of alkyl halides is 3. The predicted molar refractivity (Wildman–Crippen MR) is 43.1 cm³/mol. The summed E-state index contributed by atoms with van der Waals surface area (Å²) in [4.78, 5) is 10.8. The Hall–Kier alpha value is -1.52. The highest BCUT2D eigenvalue weighted by atomic mass is 19.4. The summed E-state index contributed by atoms with van der Waals surface area (Å²) in [7, 11) is 0. The van der Waals surface area contributed by atoms with Gasteiger partial charge in [-0.1, -0.05) is 0 Å². The quantitative estimate of drug-likeness (QED) is 0.714. The highest BCUT2D eigenvalue weighted by Crippen LogP contribution is 2.32. The van der Waals surface area contributed by atoms with Crippen LogP contribution in [0.3, 0.4) is 0 Å². The van der Waals surface area contributed by atoms with Gasteiger partial charge in [0, 0.05) is 5.56 Å². The molecule has 2 nitrogen and oxygen atoms in total. The summed E-state index contributed by atoms with van der Waals surface area (Å²) in [5.74, 6) is -1.09. The molecule has 0 bridgehead atoms. The number of halogens is 3. The van der Waals surface area contributed by atoms with Gasteiger partial charge in [0.05, 0.1) is 5.56 Å². The molecule has 5 heteroatoms. The molecule has 14 heavy (non-hydrogen) atoms. The van der Waals surface area contributed by atoms with E-state index in [1.807, 2.05) is 0 Å². The van der Waals surface area contributed by atoms with Crippen LogP contribution >= 0.6 is 0 Å². The number of rotatable bonds is 1. The number of hydrogen-bond acceptors (Lipinski definition) is 2. The molecule has 1 N–H and O–H groups in total. The number of phenolic OH excluding ortho intramolecular Hbond substituents is 1. The Labute approximate surface area is 78.0 Å². The van der Waals surface area contributed by atoms with Crippen LogP contribution in [0.4, 0.5) is 13.2 Å². The van der Waals surface area contributed by atoms with Crippen LogP contribution in [0.1, 0.15) is 22.8 Å². The fraction of sp³-hybridized carbons (Fsp3) is 0.222. The number of hydrogen-bond donors (Lipinski definition) is 1. The number of carbonyl (C=O) groups is 1. The Balaban J connectivity index is 3.28. The van der Waals surface area contributed by atoms with E-state index >= 15 is 0 Å². The van der Waals surface area contributed by atoms with Gasteiger partial charge in [-0.2, -0.15) is 13.2 Å². The molecule has 0 amide bonds. The zero-order valence-electron chi connectivity index (χ0n) is 7.22. The van der Waals surface area contributed by atoms with Crippen molar-refractivity contribution < 1.29 is 23.1 Å². The first-order valence-electron chi connectivity index (χ1n) is 3.73. The lowest BCUT2D eigenvalue weighted by atomic mass is 10.1. The minimum absolute atomic E-state index is 0.155. The molecule has 0 radical (unpaired) electrons. The molecule has 0 aliphatic heterocycles. The molecule has 76 valence electrons.